The second-order valence-electron chi connectivity index (χ2n) is 9.46. The lowest BCUT2D eigenvalue weighted by molar-refractivity contribution is 0.0381. The number of likely N-dealkylation sites (tertiary alicyclic amines) is 1. The summed E-state index contributed by atoms with van der Waals surface area (Å²) in [6.07, 6.45) is 10.9. The highest BCUT2D eigenvalue weighted by Crippen LogP contribution is 2.41. The molecule has 158 valence electrons. The number of para-hydroxylation sites is 1. The van der Waals surface area contributed by atoms with Crippen LogP contribution >= 0.6 is 20.7 Å². The van der Waals surface area contributed by atoms with E-state index < -0.39 is 0 Å². The van der Waals surface area contributed by atoms with Crippen molar-refractivity contribution in [2.75, 3.05) is 13.1 Å². The quantitative estimate of drug-likeness (QED) is 0.525. The van der Waals surface area contributed by atoms with Crippen molar-refractivity contribution in [3.8, 4) is 0 Å². The third kappa shape index (κ3) is 4.13. The number of rotatable bonds is 4. The van der Waals surface area contributed by atoms with E-state index in [2.05, 4.69) is 55.2 Å². The molecule has 30 heavy (non-hydrogen) atoms. The normalized spacial score (nSPS) is 26.6. The van der Waals surface area contributed by atoms with E-state index >= 15 is 0 Å². The zero-order valence-electron chi connectivity index (χ0n) is 17.9. The Morgan fingerprint density at radius 2 is 2.10 bits per heavy atom. The van der Waals surface area contributed by atoms with Crippen molar-refractivity contribution < 1.29 is 5.11 Å². The van der Waals surface area contributed by atoms with Crippen LogP contribution in [0, 0.1) is 17.8 Å². The standard InChI is InChI=1S/C26H31IN2O/c1-17(2)16-29-11-10-18-14-24-20(12-19-6-3-4-8-23(19)28-24)13-22(18)25(29)15-21-7-5-9-26(30)27-21/h3-9,12,17-18,22,25,30H,10-11,13-16H2,1-2H3/t18?,22?,25-/m1/s1. The summed E-state index contributed by atoms with van der Waals surface area (Å²) in [4.78, 5) is 7.83. The fraction of sp³-hybridized carbons (Fsp3) is 0.462. The Hall–Kier alpha value is -1.53. The predicted molar refractivity (Wildman–Crippen MR) is 134 cm³/mol. The topological polar surface area (TPSA) is 36.4 Å². The minimum Gasteiger partial charge on any atom is -0.503 e. The molecule has 2 aliphatic heterocycles. The van der Waals surface area contributed by atoms with Gasteiger partial charge in [-0.05, 0) is 98.0 Å². The summed E-state index contributed by atoms with van der Waals surface area (Å²) in [6, 6.07) is 11.5. The average molecular weight is 514 g/mol. The van der Waals surface area contributed by atoms with Gasteiger partial charge in [0, 0.05) is 23.7 Å². The summed E-state index contributed by atoms with van der Waals surface area (Å²) in [5, 5.41) is 11.4. The first-order valence-electron chi connectivity index (χ1n) is 11.3. The smallest absolute Gasteiger partial charge is 0.147 e. The van der Waals surface area contributed by atoms with E-state index in [4.69, 9.17) is 4.98 Å². The maximum absolute atomic E-state index is 10.1. The molecule has 3 aliphatic rings. The SMILES string of the molecule is CC(C)CN1CCC2Cc3nc4ccccc4cc3CC2[C@H]1CC1=IC(O)=CC=C1. The zero-order chi connectivity index (χ0) is 20.7. The minimum atomic E-state index is -0.377. The van der Waals surface area contributed by atoms with Crippen LogP contribution in [0.4, 0.5) is 0 Å². The molecule has 5 rings (SSSR count). The number of hydrogen-bond donors (Lipinski definition) is 1. The first-order valence-corrected chi connectivity index (χ1v) is 13.4. The number of piperidine rings is 1. The Balaban J connectivity index is 1.47. The Bertz CT molecular complexity index is 1040. The third-order valence-electron chi connectivity index (χ3n) is 6.89. The van der Waals surface area contributed by atoms with Gasteiger partial charge in [0.05, 0.1) is 5.52 Å². The van der Waals surface area contributed by atoms with Gasteiger partial charge in [-0.1, -0.05) is 44.2 Å². The van der Waals surface area contributed by atoms with Gasteiger partial charge in [-0.2, -0.15) is 0 Å². The summed E-state index contributed by atoms with van der Waals surface area (Å²) in [6.45, 7) is 7.05. The Labute approximate surface area is 189 Å². The monoisotopic (exact) mass is 514 g/mol. The van der Waals surface area contributed by atoms with E-state index in [1.54, 1.807) is 0 Å². The lowest BCUT2D eigenvalue weighted by atomic mass is 9.68. The van der Waals surface area contributed by atoms with Crippen LogP contribution in [0.1, 0.15) is 37.9 Å². The van der Waals surface area contributed by atoms with E-state index in [-0.39, 0.29) is 20.7 Å². The molecule has 3 nitrogen and oxygen atoms in total. The number of aromatic nitrogens is 1. The predicted octanol–water partition coefficient (Wildman–Crippen LogP) is 5.80. The molecule has 1 aliphatic carbocycles. The Morgan fingerprint density at radius 1 is 1.23 bits per heavy atom. The number of allylic oxidation sites excluding steroid dienone is 3. The molecule has 2 unspecified atom stereocenters. The van der Waals surface area contributed by atoms with E-state index in [0.29, 0.717) is 21.6 Å². The summed E-state index contributed by atoms with van der Waals surface area (Å²) in [5.41, 5.74) is 3.94. The van der Waals surface area contributed by atoms with Gasteiger partial charge in [-0.15, -0.1) is 0 Å². The molecule has 1 aromatic heterocycles. The van der Waals surface area contributed by atoms with Crippen molar-refractivity contribution in [3.63, 3.8) is 0 Å². The van der Waals surface area contributed by atoms with Gasteiger partial charge in [0.1, 0.15) is 3.77 Å². The van der Waals surface area contributed by atoms with E-state index in [1.807, 2.05) is 12.2 Å². The highest BCUT2D eigenvalue weighted by atomic mass is 127. The second-order valence-corrected chi connectivity index (χ2v) is 12.5. The summed E-state index contributed by atoms with van der Waals surface area (Å²) < 4.78 is 2.09. The van der Waals surface area contributed by atoms with Crippen LogP contribution in [0.3, 0.4) is 0 Å². The molecular weight excluding hydrogens is 483 g/mol. The fourth-order valence-corrected chi connectivity index (χ4v) is 7.77. The molecular formula is C26H31IN2O. The van der Waals surface area contributed by atoms with Crippen molar-refractivity contribution in [2.24, 2.45) is 17.8 Å². The van der Waals surface area contributed by atoms with Crippen LogP contribution in [0.15, 0.2) is 52.3 Å². The maximum atomic E-state index is 10.1. The lowest BCUT2D eigenvalue weighted by Crippen LogP contribution is -2.53. The van der Waals surface area contributed by atoms with Crippen LogP contribution in [-0.4, -0.2) is 37.6 Å². The Kier molecular flexibility index (Phi) is 5.80. The van der Waals surface area contributed by atoms with Crippen molar-refractivity contribution in [3.05, 3.63) is 63.6 Å². The van der Waals surface area contributed by atoms with Crippen LogP contribution in [0.5, 0.6) is 0 Å². The largest absolute Gasteiger partial charge is 0.503 e. The van der Waals surface area contributed by atoms with E-state index in [9.17, 15) is 5.11 Å². The molecule has 0 amide bonds. The number of halogens is 1. The van der Waals surface area contributed by atoms with Gasteiger partial charge in [0.15, 0.2) is 0 Å². The average Bonchev–Trinajstić information content (AvgIpc) is 2.72. The van der Waals surface area contributed by atoms with Crippen molar-refractivity contribution in [1.82, 2.24) is 9.88 Å². The molecule has 0 bridgehead atoms. The van der Waals surface area contributed by atoms with Gasteiger partial charge in [-0.25, -0.2) is 0 Å². The minimum absolute atomic E-state index is 0.377. The highest BCUT2D eigenvalue weighted by Gasteiger charge is 2.41. The number of nitrogens with zero attached hydrogens (tertiary/aromatic N) is 2. The van der Waals surface area contributed by atoms with Crippen LogP contribution < -0.4 is 0 Å². The molecule has 2 aromatic rings. The molecule has 1 saturated heterocycles. The summed E-state index contributed by atoms with van der Waals surface area (Å²) in [5.74, 6) is 2.10. The molecule has 0 spiro atoms. The van der Waals surface area contributed by atoms with Gasteiger partial charge in [0.25, 0.3) is 0 Å². The first-order chi connectivity index (χ1) is 14.6. The van der Waals surface area contributed by atoms with Crippen molar-refractivity contribution in [1.29, 1.82) is 0 Å². The second kappa shape index (κ2) is 8.54. The summed E-state index contributed by atoms with van der Waals surface area (Å²) in [7, 11) is 0. The first kappa shape index (κ1) is 20.4. The zero-order valence-corrected chi connectivity index (χ0v) is 20.0. The van der Waals surface area contributed by atoms with E-state index in [1.165, 1.54) is 39.7 Å². The maximum Gasteiger partial charge on any atom is 0.147 e. The van der Waals surface area contributed by atoms with Gasteiger partial charge < -0.3 is 5.11 Å². The molecule has 0 saturated carbocycles. The van der Waals surface area contributed by atoms with Gasteiger partial charge >= 0.3 is 0 Å². The molecule has 3 atom stereocenters. The molecule has 0 radical (unpaired) electrons. The molecule has 1 fully saturated rings. The third-order valence-corrected chi connectivity index (χ3v) is 9.30. The van der Waals surface area contributed by atoms with Crippen molar-refractivity contribution >= 4 is 35.1 Å². The number of benzene rings is 1. The molecule has 4 heteroatoms. The number of hydrogen-bond acceptors (Lipinski definition) is 3. The Morgan fingerprint density at radius 3 is 2.93 bits per heavy atom. The molecule has 3 heterocycles. The fourth-order valence-electron chi connectivity index (χ4n) is 5.61. The molecule has 1 N–H and O–H groups in total. The number of aliphatic hydroxyl groups excluding tert-OH is 1. The van der Waals surface area contributed by atoms with Crippen molar-refractivity contribution in [2.45, 2.75) is 45.6 Å². The number of fused-ring (bicyclic) bond motifs is 3. The van der Waals surface area contributed by atoms with E-state index in [0.717, 1.165) is 30.7 Å². The number of pyridine rings is 1. The molecule has 1 aromatic carbocycles. The van der Waals surface area contributed by atoms with Gasteiger partial charge in [-0.3, -0.25) is 9.88 Å². The van der Waals surface area contributed by atoms with Crippen LogP contribution in [0.2, 0.25) is 0 Å². The highest BCUT2D eigenvalue weighted by molar-refractivity contribution is 14.2. The van der Waals surface area contributed by atoms with Crippen LogP contribution in [-0.2, 0) is 12.8 Å². The van der Waals surface area contributed by atoms with Gasteiger partial charge in [0.2, 0.25) is 0 Å². The van der Waals surface area contributed by atoms with Crippen LogP contribution in [0.25, 0.3) is 10.9 Å². The summed E-state index contributed by atoms with van der Waals surface area (Å²) >= 11 is -0.377. The lowest BCUT2D eigenvalue weighted by Gasteiger charge is -2.48. The number of aliphatic hydroxyl groups is 1.